The fraction of sp³-hybridized carbons (Fsp3) is 0.750. The summed E-state index contributed by atoms with van der Waals surface area (Å²) in [6.07, 6.45) is 1.11. The summed E-state index contributed by atoms with van der Waals surface area (Å²) < 4.78 is 12.9. The molecule has 1 rings (SSSR count). The van der Waals surface area contributed by atoms with Gasteiger partial charge >= 0.3 is 0 Å². The summed E-state index contributed by atoms with van der Waals surface area (Å²) >= 11 is 0. The maximum Gasteiger partial charge on any atom is 0.118 e. The van der Waals surface area contributed by atoms with Crippen molar-refractivity contribution in [3.05, 3.63) is 12.7 Å². The Balaban J connectivity index is 2.10. The second kappa shape index (κ2) is 4.46. The highest BCUT2D eigenvalue weighted by Gasteiger charge is 2.25. The first-order valence-corrected chi connectivity index (χ1v) is 4.01. The van der Waals surface area contributed by atoms with Crippen LogP contribution in [-0.4, -0.2) is 32.4 Å². The van der Waals surface area contributed by atoms with Crippen LogP contribution in [-0.2, 0) is 0 Å². The van der Waals surface area contributed by atoms with Crippen molar-refractivity contribution in [2.24, 2.45) is 5.92 Å². The molecular weight excluding hydrogens is 143 g/mol. The van der Waals surface area contributed by atoms with Crippen LogP contribution in [0.1, 0.15) is 0 Å². The fourth-order valence-electron chi connectivity index (χ4n) is 1.27. The predicted molar refractivity (Wildman–Crippen MR) is 44.3 cm³/mol. The van der Waals surface area contributed by atoms with E-state index >= 15 is 0 Å². The number of hydrogen-bond acceptors (Lipinski definition) is 2. The van der Waals surface area contributed by atoms with Crippen LogP contribution in [0.15, 0.2) is 12.7 Å². The Morgan fingerprint density at radius 3 is 3.00 bits per heavy atom. The van der Waals surface area contributed by atoms with E-state index in [0.29, 0.717) is 6.54 Å². The van der Waals surface area contributed by atoms with Crippen LogP contribution in [0, 0.1) is 5.92 Å². The second-order valence-corrected chi connectivity index (χ2v) is 2.88. The van der Waals surface area contributed by atoms with Crippen LogP contribution in [0.3, 0.4) is 0 Å². The zero-order chi connectivity index (χ0) is 8.10. The van der Waals surface area contributed by atoms with Crippen LogP contribution in [0.2, 0.25) is 0 Å². The predicted octanol–water partition coefficient (Wildman–Crippen LogP) is 0.319. The Kier molecular flexibility index (Phi) is 3.52. The van der Waals surface area contributed by atoms with Gasteiger partial charge in [0.1, 0.15) is 6.17 Å². The molecule has 0 aromatic heterocycles. The molecule has 0 bridgehead atoms. The number of rotatable bonds is 4. The molecule has 0 aromatic carbocycles. The molecule has 0 spiro atoms. The summed E-state index contributed by atoms with van der Waals surface area (Å²) in [4.78, 5) is 0. The molecule has 1 aliphatic rings. The number of alkyl halides is 1. The van der Waals surface area contributed by atoms with Crippen LogP contribution in [0.25, 0.3) is 0 Å². The van der Waals surface area contributed by atoms with Gasteiger partial charge in [-0.05, 0) is 0 Å². The van der Waals surface area contributed by atoms with Gasteiger partial charge in [-0.3, -0.25) is 0 Å². The fourth-order valence-corrected chi connectivity index (χ4v) is 1.27. The minimum absolute atomic E-state index is 0.148. The number of nitrogens with one attached hydrogen (secondary N) is 2. The molecule has 2 N–H and O–H groups in total. The summed E-state index contributed by atoms with van der Waals surface area (Å²) in [6, 6.07) is 0. The van der Waals surface area contributed by atoms with Gasteiger partial charge in [0.15, 0.2) is 0 Å². The van der Waals surface area contributed by atoms with E-state index in [2.05, 4.69) is 17.2 Å². The van der Waals surface area contributed by atoms with Gasteiger partial charge < -0.3 is 10.6 Å². The van der Waals surface area contributed by atoms with E-state index in [4.69, 9.17) is 0 Å². The highest BCUT2D eigenvalue weighted by atomic mass is 19.1. The van der Waals surface area contributed by atoms with Gasteiger partial charge in [0.2, 0.25) is 0 Å². The van der Waals surface area contributed by atoms with Gasteiger partial charge in [-0.2, -0.15) is 0 Å². The quantitative estimate of drug-likeness (QED) is 0.455. The normalized spacial score (nSPS) is 30.6. The molecule has 11 heavy (non-hydrogen) atoms. The van der Waals surface area contributed by atoms with Gasteiger partial charge in [-0.25, -0.2) is 4.39 Å². The Bertz CT molecular complexity index is 127. The van der Waals surface area contributed by atoms with Crippen LogP contribution < -0.4 is 10.6 Å². The molecule has 0 aromatic rings. The van der Waals surface area contributed by atoms with Gasteiger partial charge in [-0.15, -0.1) is 6.58 Å². The molecule has 2 nitrogen and oxygen atoms in total. The van der Waals surface area contributed by atoms with Crippen molar-refractivity contribution in [3.63, 3.8) is 0 Å². The molecule has 1 saturated heterocycles. The molecule has 0 saturated carbocycles. The van der Waals surface area contributed by atoms with Crippen LogP contribution in [0.5, 0.6) is 0 Å². The average Bonchev–Trinajstić information content (AvgIpc) is 2.37. The molecule has 1 fully saturated rings. The van der Waals surface area contributed by atoms with Gasteiger partial charge in [0.05, 0.1) is 0 Å². The Labute approximate surface area is 66.9 Å². The highest BCUT2D eigenvalue weighted by molar-refractivity contribution is 4.83. The molecule has 1 heterocycles. The first-order valence-electron chi connectivity index (χ1n) is 4.01. The van der Waals surface area contributed by atoms with E-state index in [1.165, 1.54) is 0 Å². The number of halogens is 1. The third-order valence-corrected chi connectivity index (χ3v) is 1.95. The first kappa shape index (κ1) is 8.68. The van der Waals surface area contributed by atoms with Crippen molar-refractivity contribution in [1.82, 2.24) is 10.6 Å². The van der Waals surface area contributed by atoms with Crippen molar-refractivity contribution in [3.8, 4) is 0 Å². The lowest BCUT2D eigenvalue weighted by Crippen LogP contribution is -2.28. The van der Waals surface area contributed by atoms with Gasteiger partial charge in [0, 0.05) is 32.1 Å². The van der Waals surface area contributed by atoms with E-state index in [1.807, 2.05) is 0 Å². The third kappa shape index (κ3) is 2.60. The van der Waals surface area contributed by atoms with Crippen LogP contribution >= 0.6 is 0 Å². The average molecular weight is 158 g/mol. The van der Waals surface area contributed by atoms with Crippen molar-refractivity contribution in [2.75, 3.05) is 26.2 Å². The van der Waals surface area contributed by atoms with E-state index in [9.17, 15) is 4.39 Å². The van der Waals surface area contributed by atoms with E-state index < -0.39 is 6.17 Å². The monoisotopic (exact) mass is 158 g/mol. The van der Waals surface area contributed by atoms with Gasteiger partial charge in [-0.1, -0.05) is 6.08 Å². The van der Waals surface area contributed by atoms with Crippen molar-refractivity contribution in [1.29, 1.82) is 0 Å². The smallest absolute Gasteiger partial charge is 0.118 e. The molecular formula is C8H15FN2. The van der Waals surface area contributed by atoms with Crippen LogP contribution in [0.4, 0.5) is 4.39 Å². The highest BCUT2D eigenvalue weighted by Crippen LogP contribution is 2.10. The minimum Gasteiger partial charge on any atom is -0.313 e. The zero-order valence-electron chi connectivity index (χ0n) is 6.65. The lowest BCUT2D eigenvalue weighted by Gasteiger charge is -2.10. The maximum atomic E-state index is 12.9. The molecule has 0 aliphatic carbocycles. The van der Waals surface area contributed by atoms with E-state index in [0.717, 1.165) is 19.6 Å². The van der Waals surface area contributed by atoms with Crippen molar-refractivity contribution >= 4 is 0 Å². The minimum atomic E-state index is -0.674. The Morgan fingerprint density at radius 1 is 1.64 bits per heavy atom. The molecule has 3 heteroatoms. The summed E-state index contributed by atoms with van der Waals surface area (Å²) in [5, 5.41) is 6.12. The lowest BCUT2D eigenvalue weighted by atomic mass is 10.1. The zero-order valence-corrected chi connectivity index (χ0v) is 6.65. The second-order valence-electron chi connectivity index (χ2n) is 2.88. The standard InChI is InChI=1S/C8H15FN2/c1-2-3-10-4-7-5-11-6-8(7)9/h2,7-8,10-11H,1,3-6H2/t7-,8-/m1/s1. The summed E-state index contributed by atoms with van der Waals surface area (Å²) in [5.74, 6) is 0.148. The molecule has 2 atom stereocenters. The largest absolute Gasteiger partial charge is 0.313 e. The van der Waals surface area contributed by atoms with E-state index in [-0.39, 0.29) is 5.92 Å². The Hall–Kier alpha value is -0.410. The lowest BCUT2D eigenvalue weighted by molar-refractivity contribution is 0.278. The maximum absolute atomic E-state index is 12.9. The van der Waals surface area contributed by atoms with Crippen molar-refractivity contribution in [2.45, 2.75) is 6.17 Å². The summed E-state index contributed by atoms with van der Waals surface area (Å²) in [5.41, 5.74) is 0. The number of hydrogen-bond donors (Lipinski definition) is 2. The van der Waals surface area contributed by atoms with E-state index in [1.54, 1.807) is 6.08 Å². The first-order chi connectivity index (χ1) is 5.34. The van der Waals surface area contributed by atoms with Crippen molar-refractivity contribution < 1.29 is 4.39 Å². The third-order valence-electron chi connectivity index (χ3n) is 1.95. The molecule has 64 valence electrons. The molecule has 0 radical (unpaired) electrons. The molecule has 0 unspecified atom stereocenters. The SMILES string of the molecule is C=CCNC[C@@H]1CNC[C@H]1F. The summed E-state index contributed by atoms with van der Waals surface area (Å²) in [7, 11) is 0. The molecule has 0 amide bonds. The Morgan fingerprint density at radius 2 is 2.45 bits per heavy atom. The topological polar surface area (TPSA) is 24.1 Å². The molecule has 1 aliphatic heterocycles. The van der Waals surface area contributed by atoms with Gasteiger partial charge in [0.25, 0.3) is 0 Å². The summed E-state index contributed by atoms with van der Waals surface area (Å²) in [6.45, 7) is 6.40.